The van der Waals surface area contributed by atoms with E-state index in [2.05, 4.69) is 19.2 Å². The average molecular weight is 225 g/mol. The summed E-state index contributed by atoms with van der Waals surface area (Å²) in [6.45, 7) is 7.04. The standard InChI is InChI=1S/C12H19NO3/c1-9(2)13-5-10-3-4-15-12(10)8-16-11-6-14-7-11/h3-4,9,11,13H,5-8H2,1-2H3. The van der Waals surface area contributed by atoms with Crippen LogP contribution in [-0.2, 0) is 22.6 Å². The number of furan rings is 1. The van der Waals surface area contributed by atoms with Crippen LogP contribution < -0.4 is 5.32 Å². The van der Waals surface area contributed by atoms with E-state index in [0.717, 1.165) is 12.3 Å². The van der Waals surface area contributed by atoms with Gasteiger partial charge in [0.05, 0.1) is 19.5 Å². The van der Waals surface area contributed by atoms with Crippen molar-refractivity contribution in [2.24, 2.45) is 0 Å². The first kappa shape index (κ1) is 11.6. The van der Waals surface area contributed by atoms with E-state index < -0.39 is 0 Å². The van der Waals surface area contributed by atoms with E-state index in [1.54, 1.807) is 6.26 Å². The molecule has 0 atom stereocenters. The first-order valence-electron chi connectivity index (χ1n) is 5.73. The van der Waals surface area contributed by atoms with Crippen molar-refractivity contribution in [2.45, 2.75) is 39.1 Å². The van der Waals surface area contributed by atoms with Gasteiger partial charge in [0.25, 0.3) is 0 Å². The number of hydrogen-bond acceptors (Lipinski definition) is 4. The monoisotopic (exact) mass is 225 g/mol. The van der Waals surface area contributed by atoms with Crippen LogP contribution in [0.4, 0.5) is 0 Å². The van der Waals surface area contributed by atoms with Crippen LogP contribution in [0.2, 0.25) is 0 Å². The fourth-order valence-electron chi connectivity index (χ4n) is 1.47. The molecular weight excluding hydrogens is 206 g/mol. The molecule has 0 unspecified atom stereocenters. The Bertz CT molecular complexity index is 318. The molecular formula is C12H19NO3. The SMILES string of the molecule is CC(C)NCc1ccoc1COC1COC1. The molecule has 0 bridgehead atoms. The molecule has 0 aliphatic carbocycles. The smallest absolute Gasteiger partial charge is 0.133 e. The molecule has 1 aliphatic heterocycles. The quantitative estimate of drug-likeness (QED) is 0.800. The molecule has 0 saturated carbocycles. The second-order valence-corrected chi connectivity index (χ2v) is 4.38. The minimum atomic E-state index is 0.246. The number of hydrogen-bond donors (Lipinski definition) is 1. The van der Waals surface area contributed by atoms with E-state index in [9.17, 15) is 0 Å². The summed E-state index contributed by atoms with van der Waals surface area (Å²) in [7, 11) is 0. The van der Waals surface area contributed by atoms with Crippen molar-refractivity contribution in [3.05, 3.63) is 23.7 Å². The molecule has 1 aromatic rings. The van der Waals surface area contributed by atoms with Crippen LogP contribution in [0.15, 0.2) is 16.7 Å². The third kappa shape index (κ3) is 3.07. The predicted molar refractivity (Wildman–Crippen MR) is 60.1 cm³/mol. The zero-order valence-electron chi connectivity index (χ0n) is 9.86. The number of nitrogens with one attached hydrogen (secondary N) is 1. The van der Waals surface area contributed by atoms with Crippen molar-refractivity contribution in [3.8, 4) is 0 Å². The van der Waals surface area contributed by atoms with Crippen molar-refractivity contribution in [3.63, 3.8) is 0 Å². The minimum Gasteiger partial charge on any atom is -0.467 e. The lowest BCUT2D eigenvalue weighted by Gasteiger charge is -2.25. The highest BCUT2D eigenvalue weighted by Crippen LogP contribution is 2.15. The minimum absolute atomic E-state index is 0.246. The van der Waals surface area contributed by atoms with Gasteiger partial charge >= 0.3 is 0 Å². The Morgan fingerprint density at radius 1 is 1.50 bits per heavy atom. The maximum atomic E-state index is 5.62. The Morgan fingerprint density at radius 3 is 2.94 bits per heavy atom. The molecule has 1 N–H and O–H groups in total. The number of rotatable bonds is 6. The van der Waals surface area contributed by atoms with Crippen molar-refractivity contribution >= 4 is 0 Å². The summed E-state index contributed by atoms with van der Waals surface area (Å²) in [6, 6.07) is 2.47. The van der Waals surface area contributed by atoms with Crippen molar-refractivity contribution in [1.82, 2.24) is 5.32 Å². The lowest BCUT2D eigenvalue weighted by atomic mass is 10.2. The second kappa shape index (κ2) is 5.48. The first-order chi connectivity index (χ1) is 7.75. The summed E-state index contributed by atoms with van der Waals surface area (Å²) >= 11 is 0. The van der Waals surface area contributed by atoms with E-state index in [0.29, 0.717) is 25.9 Å². The second-order valence-electron chi connectivity index (χ2n) is 4.38. The topological polar surface area (TPSA) is 43.6 Å². The van der Waals surface area contributed by atoms with E-state index in [1.165, 1.54) is 5.56 Å². The lowest BCUT2D eigenvalue weighted by Crippen LogP contribution is -2.35. The van der Waals surface area contributed by atoms with Gasteiger partial charge in [0, 0.05) is 18.2 Å². The summed E-state index contributed by atoms with van der Waals surface area (Å²) < 4.78 is 16.1. The third-order valence-corrected chi connectivity index (χ3v) is 2.60. The molecule has 0 amide bonds. The molecule has 16 heavy (non-hydrogen) atoms. The Kier molecular flexibility index (Phi) is 3.98. The number of ether oxygens (including phenoxy) is 2. The van der Waals surface area contributed by atoms with Crippen molar-refractivity contribution in [2.75, 3.05) is 13.2 Å². The highest BCUT2D eigenvalue weighted by atomic mass is 16.6. The first-order valence-corrected chi connectivity index (χ1v) is 5.73. The molecule has 0 radical (unpaired) electrons. The third-order valence-electron chi connectivity index (χ3n) is 2.60. The summed E-state index contributed by atoms with van der Waals surface area (Å²) in [6.07, 6.45) is 1.96. The molecule has 1 saturated heterocycles. The lowest BCUT2D eigenvalue weighted by molar-refractivity contribution is -0.138. The van der Waals surface area contributed by atoms with Crippen LogP contribution >= 0.6 is 0 Å². The fourth-order valence-corrected chi connectivity index (χ4v) is 1.47. The Hall–Kier alpha value is -0.840. The van der Waals surface area contributed by atoms with Gasteiger partial charge in [0.2, 0.25) is 0 Å². The van der Waals surface area contributed by atoms with Gasteiger partial charge in [0.15, 0.2) is 0 Å². The average Bonchev–Trinajstić information content (AvgIpc) is 2.60. The van der Waals surface area contributed by atoms with E-state index in [-0.39, 0.29) is 6.10 Å². The highest BCUT2D eigenvalue weighted by molar-refractivity contribution is 5.16. The molecule has 0 spiro atoms. The Balaban J connectivity index is 1.80. The van der Waals surface area contributed by atoms with Crippen LogP contribution in [0, 0.1) is 0 Å². The summed E-state index contributed by atoms with van der Waals surface area (Å²) in [5, 5.41) is 3.36. The van der Waals surface area contributed by atoms with Gasteiger partial charge in [-0.25, -0.2) is 0 Å². The Labute approximate surface area is 95.9 Å². The molecule has 1 fully saturated rings. The van der Waals surface area contributed by atoms with E-state index in [1.807, 2.05) is 6.07 Å². The van der Waals surface area contributed by atoms with Crippen LogP contribution in [0.25, 0.3) is 0 Å². The van der Waals surface area contributed by atoms with Crippen LogP contribution in [0.3, 0.4) is 0 Å². The zero-order valence-corrected chi connectivity index (χ0v) is 9.86. The molecule has 90 valence electrons. The van der Waals surface area contributed by atoms with E-state index in [4.69, 9.17) is 13.9 Å². The van der Waals surface area contributed by atoms with Crippen molar-refractivity contribution < 1.29 is 13.9 Å². The normalized spacial score (nSPS) is 16.7. The van der Waals surface area contributed by atoms with Gasteiger partial charge in [0.1, 0.15) is 18.5 Å². The van der Waals surface area contributed by atoms with Gasteiger partial charge < -0.3 is 19.2 Å². The largest absolute Gasteiger partial charge is 0.467 e. The summed E-state index contributed by atoms with van der Waals surface area (Å²) in [5.74, 6) is 0.917. The fraction of sp³-hybridized carbons (Fsp3) is 0.667. The van der Waals surface area contributed by atoms with Gasteiger partial charge in [-0.15, -0.1) is 0 Å². The van der Waals surface area contributed by atoms with Crippen molar-refractivity contribution in [1.29, 1.82) is 0 Å². The molecule has 2 rings (SSSR count). The molecule has 4 nitrogen and oxygen atoms in total. The Morgan fingerprint density at radius 2 is 2.31 bits per heavy atom. The summed E-state index contributed by atoms with van der Waals surface area (Å²) in [4.78, 5) is 0. The molecule has 1 aliphatic rings. The van der Waals surface area contributed by atoms with Crippen LogP contribution in [-0.4, -0.2) is 25.4 Å². The molecule has 0 aromatic carbocycles. The highest BCUT2D eigenvalue weighted by Gasteiger charge is 2.19. The predicted octanol–water partition coefficient (Wildman–Crippen LogP) is 1.69. The maximum absolute atomic E-state index is 5.62. The van der Waals surface area contributed by atoms with Crippen LogP contribution in [0.5, 0.6) is 0 Å². The van der Waals surface area contributed by atoms with Gasteiger partial charge in [-0.05, 0) is 6.07 Å². The van der Waals surface area contributed by atoms with Gasteiger partial charge in [-0.1, -0.05) is 13.8 Å². The van der Waals surface area contributed by atoms with Gasteiger partial charge in [-0.2, -0.15) is 0 Å². The molecule has 1 aromatic heterocycles. The molecule has 4 heteroatoms. The van der Waals surface area contributed by atoms with Gasteiger partial charge in [-0.3, -0.25) is 0 Å². The zero-order chi connectivity index (χ0) is 11.4. The van der Waals surface area contributed by atoms with E-state index >= 15 is 0 Å². The van der Waals surface area contributed by atoms with Crippen LogP contribution in [0.1, 0.15) is 25.2 Å². The molecule has 2 heterocycles. The summed E-state index contributed by atoms with van der Waals surface area (Å²) in [5.41, 5.74) is 1.17. The maximum Gasteiger partial charge on any atom is 0.133 e.